The molecule has 57 heavy (non-hydrogen) atoms. The Morgan fingerprint density at radius 3 is 1.53 bits per heavy atom. The van der Waals surface area contributed by atoms with E-state index < -0.39 is 0 Å². The number of hydrogen-bond donors (Lipinski definition) is 0. The van der Waals surface area contributed by atoms with E-state index in [1.54, 1.807) is 0 Å². The molecule has 0 saturated heterocycles. The highest BCUT2D eigenvalue weighted by atomic mass is 15.2. The normalized spacial score (nSPS) is 11.6. The Kier molecular flexibility index (Phi) is 13.1. The molecule has 4 nitrogen and oxygen atoms in total. The van der Waals surface area contributed by atoms with E-state index in [1.165, 1.54) is 55.9 Å². The van der Waals surface area contributed by atoms with Crippen LogP contribution in [0.1, 0.15) is 128 Å². The van der Waals surface area contributed by atoms with E-state index in [2.05, 4.69) is 224 Å². The number of aromatic nitrogens is 4. The van der Waals surface area contributed by atoms with Crippen molar-refractivity contribution in [1.82, 2.24) is 14.1 Å². The summed E-state index contributed by atoms with van der Waals surface area (Å²) in [5, 5.41) is 0. The molecule has 0 unspecified atom stereocenters. The van der Waals surface area contributed by atoms with Crippen LogP contribution in [0.4, 0.5) is 0 Å². The van der Waals surface area contributed by atoms with Crippen molar-refractivity contribution in [1.29, 1.82) is 0 Å². The fourth-order valence-electron chi connectivity index (χ4n) is 7.80. The summed E-state index contributed by atoms with van der Waals surface area (Å²) < 4.78 is 7.20. The third-order valence-corrected chi connectivity index (χ3v) is 10.5. The molecule has 5 aromatic carbocycles. The zero-order chi connectivity index (χ0) is 40.8. The van der Waals surface area contributed by atoms with Crippen LogP contribution in [0.5, 0.6) is 0 Å². The number of benzene rings is 5. The zero-order valence-electron chi connectivity index (χ0n) is 36.2. The Morgan fingerprint density at radius 1 is 0.491 bits per heavy atom. The summed E-state index contributed by atoms with van der Waals surface area (Å²) in [4.78, 5) is 5.04. The molecule has 294 valence electrons. The first-order chi connectivity index (χ1) is 27.4. The molecule has 0 amide bonds. The van der Waals surface area contributed by atoms with Crippen LogP contribution in [0.25, 0.3) is 45.3 Å². The quantitative estimate of drug-likeness (QED) is 0.121. The molecule has 2 aromatic heterocycles. The second kappa shape index (κ2) is 18.2. The molecule has 0 aliphatic rings. The molecule has 4 heteroatoms. The SMILES string of the molecule is CC(C)C.CC(C)c1cccc(C(C)C)c1-n1ccnc1-c1ccccc1C[n+]1ccn(-c2c(C(C)C)cc(-c3ccccc3)cc2C(C)C)c1-c1ccccc1. The molecule has 0 saturated carbocycles. The minimum atomic E-state index is 0.328. The zero-order valence-corrected chi connectivity index (χ0v) is 36.2. The summed E-state index contributed by atoms with van der Waals surface area (Å²) in [5.41, 5.74) is 14.0. The molecular weight excluding hydrogens is 693 g/mol. The molecule has 0 aliphatic heterocycles. The number of para-hydroxylation sites is 1. The molecule has 0 bridgehead atoms. The van der Waals surface area contributed by atoms with Crippen molar-refractivity contribution in [3.8, 4) is 45.3 Å². The Hall–Kier alpha value is -5.48. The highest BCUT2D eigenvalue weighted by molar-refractivity contribution is 5.71. The predicted molar refractivity (Wildman–Crippen MR) is 242 cm³/mol. The first kappa shape index (κ1) is 41.2. The fourth-order valence-corrected chi connectivity index (χ4v) is 7.80. The van der Waals surface area contributed by atoms with Crippen molar-refractivity contribution >= 4 is 0 Å². The average Bonchev–Trinajstić information content (AvgIpc) is 3.85. The smallest absolute Gasteiger partial charge is 0.294 e. The maximum atomic E-state index is 5.04. The predicted octanol–water partition coefficient (Wildman–Crippen LogP) is 14.2. The number of hydrogen-bond acceptors (Lipinski definition) is 1. The fraction of sp³-hybridized carbons (Fsp3) is 0.321. The van der Waals surface area contributed by atoms with E-state index in [4.69, 9.17) is 4.98 Å². The standard InChI is InChI=1S/C49H53N4.C4H10/c1-33(2)41-24-17-25-42(34(3)4)46(41)52-27-26-50-48(52)43-23-16-15-22-39(43)32-51-28-29-53(49(51)38-20-13-10-14-21-38)47-44(35(5)6)30-40(31-45(47)36(7)8)37-18-11-9-12-19-37;1-4(2)3/h9-31,33-36H,32H2,1-8H3;4H,1-3H3/q+1;. The van der Waals surface area contributed by atoms with Gasteiger partial charge in [-0.25, -0.2) is 9.55 Å². The van der Waals surface area contributed by atoms with Gasteiger partial charge < -0.3 is 0 Å². The van der Waals surface area contributed by atoms with Gasteiger partial charge in [-0.05, 0) is 76.1 Å². The molecular formula is C53H63N4+. The van der Waals surface area contributed by atoms with Gasteiger partial charge in [-0.2, -0.15) is 4.57 Å². The molecule has 0 radical (unpaired) electrons. The summed E-state index contributed by atoms with van der Waals surface area (Å²) in [6.07, 6.45) is 8.62. The lowest BCUT2D eigenvalue weighted by molar-refractivity contribution is -0.676. The van der Waals surface area contributed by atoms with E-state index in [0.717, 1.165) is 23.1 Å². The summed E-state index contributed by atoms with van der Waals surface area (Å²) in [6.45, 7) is 25.6. The number of imidazole rings is 2. The van der Waals surface area contributed by atoms with Crippen molar-refractivity contribution in [3.63, 3.8) is 0 Å². The van der Waals surface area contributed by atoms with Crippen molar-refractivity contribution in [3.05, 3.63) is 168 Å². The van der Waals surface area contributed by atoms with E-state index >= 15 is 0 Å². The van der Waals surface area contributed by atoms with Gasteiger partial charge in [0.1, 0.15) is 30.5 Å². The van der Waals surface area contributed by atoms with Gasteiger partial charge >= 0.3 is 0 Å². The maximum absolute atomic E-state index is 5.04. The lowest BCUT2D eigenvalue weighted by atomic mass is 9.88. The average molecular weight is 756 g/mol. The molecule has 0 spiro atoms. The van der Waals surface area contributed by atoms with Crippen molar-refractivity contribution in [2.75, 3.05) is 0 Å². The van der Waals surface area contributed by atoms with Gasteiger partial charge in [0.15, 0.2) is 0 Å². The Balaban J connectivity index is 0.00000131. The van der Waals surface area contributed by atoms with Crippen molar-refractivity contribution < 1.29 is 4.57 Å². The third kappa shape index (κ3) is 9.07. The molecule has 0 N–H and O–H groups in total. The molecule has 7 aromatic rings. The van der Waals surface area contributed by atoms with Crippen LogP contribution in [0.15, 0.2) is 140 Å². The van der Waals surface area contributed by atoms with Crippen LogP contribution >= 0.6 is 0 Å². The van der Waals surface area contributed by atoms with E-state index in [9.17, 15) is 0 Å². The van der Waals surface area contributed by atoms with Gasteiger partial charge in [0.25, 0.3) is 5.82 Å². The van der Waals surface area contributed by atoms with Crippen molar-refractivity contribution in [2.24, 2.45) is 5.92 Å². The van der Waals surface area contributed by atoms with Crippen LogP contribution in [-0.2, 0) is 6.54 Å². The van der Waals surface area contributed by atoms with Crippen LogP contribution in [-0.4, -0.2) is 14.1 Å². The molecule has 0 aliphatic carbocycles. The summed E-state index contributed by atoms with van der Waals surface area (Å²) >= 11 is 0. The molecule has 0 atom stereocenters. The Labute approximate surface area is 342 Å². The molecule has 2 heterocycles. The topological polar surface area (TPSA) is 26.6 Å². The van der Waals surface area contributed by atoms with E-state index in [1.807, 2.05) is 6.20 Å². The summed E-state index contributed by atoms with van der Waals surface area (Å²) in [7, 11) is 0. The minimum Gasteiger partial charge on any atom is -0.299 e. The minimum absolute atomic E-state index is 0.328. The maximum Gasteiger partial charge on any atom is 0.294 e. The van der Waals surface area contributed by atoms with Gasteiger partial charge in [-0.15, -0.1) is 0 Å². The van der Waals surface area contributed by atoms with Crippen LogP contribution in [0, 0.1) is 5.92 Å². The van der Waals surface area contributed by atoms with Gasteiger partial charge in [0.2, 0.25) is 0 Å². The van der Waals surface area contributed by atoms with Crippen LogP contribution in [0.3, 0.4) is 0 Å². The van der Waals surface area contributed by atoms with E-state index in [-0.39, 0.29) is 0 Å². The van der Waals surface area contributed by atoms with Gasteiger partial charge in [-0.1, -0.05) is 167 Å². The third-order valence-electron chi connectivity index (χ3n) is 10.5. The number of nitrogens with zero attached hydrogens (tertiary/aromatic N) is 4. The second-order valence-corrected chi connectivity index (χ2v) is 17.3. The first-order valence-corrected chi connectivity index (χ1v) is 21.0. The highest BCUT2D eigenvalue weighted by Crippen LogP contribution is 2.39. The Morgan fingerprint density at radius 2 is 0.982 bits per heavy atom. The lowest BCUT2D eigenvalue weighted by Gasteiger charge is -2.22. The first-order valence-electron chi connectivity index (χ1n) is 21.0. The van der Waals surface area contributed by atoms with Gasteiger partial charge in [0, 0.05) is 34.6 Å². The molecule has 7 rings (SSSR count). The van der Waals surface area contributed by atoms with Gasteiger partial charge in [-0.3, -0.25) is 4.57 Å². The number of rotatable bonds is 11. The monoisotopic (exact) mass is 756 g/mol. The second-order valence-electron chi connectivity index (χ2n) is 17.3. The summed E-state index contributed by atoms with van der Waals surface area (Å²) in [5.74, 6) is 4.38. The van der Waals surface area contributed by atoms with Crippen LogP contribution in [0.2, 0.25) is 0 Å². The highest BCUT2D eigenvalue weighted by Gasteiger charge is 2.29. The van der Waals surface area contributed by atoms with E-state index in [0.29, 0.717) is 30.2 Å². The van der Waals surface area contributed by atoms with Crippen LogP contribution < -0.4 is 4.57 Å². The lowest BCUT2D eigenvalue weighted by Crippen LogP contribution is -2.35. The van der Waals surface area contributed by atoms with Gasteiger partial charge in [0.05, 0.1) is 11.3 Å². The largest absolute Gasteiger partial charge is 0.299 e. The summed E-state index contributed by atoms with van der Waals surface area (Å²) in [6, 6.07) is 42.0. The Bertz CT molecular complexity index is 2310. The van der Waals surface area contributed by atoms with Crippen molar-refractivity contribution in [2.45, 2.75) is 106 Å². The molecule has 0 fully saturated rings.